The summed E-state index contributed by atoms with van der Waals surface area (Å²) in [6, 6.07) is 0. The molecule has 12 heterocycles. The maximum Gasteiger partial charge on any atom is 0.111 e. The molecule has 0 aliphatic carbocycles. The Hall–Kier alpha value is -0.720. The van der Waals surface area contributed by atoms with Gasteiger partial charge in [0.2, 0.25) is 0 Å². The molecule has 0 bridgehead atoms. The van der Waals surface area contributed by atoms with E-state index in [9.17, 15) is 0 Å². The molecule has 0 radical (unpaired) electrons. The first-order valence-electron chi connectivity index (χ1n) is 19.0. The monoisotopic (exact) mass is 794 g/mol. The van der Waals surface area contributed by atoms with Crippen molar-refractivity contribution in [2.24, 2.45) is 0 Å². The number of ether oxygens (including phenoxy) is 12. The topological polar surface area (TPSA) is 272 Å². The third kappa shape index (κ3) is 84.0. The summed E-state index contributed by atoms with van der Waals surface area (Å²) >= 11 is 0. The lowest BCUT2D eigenvalue weighted by molar-refractivity contribution is -0.123. The lowest BCUT2D eigenvalue weighted by atomic mass is 10.0. The highest BCUT2D eigenvalue weighted by Gasteiger charge is 2.29. The fourth-order valence-electron chi connectivity index (χ4n) is 1.25. The second-order valence-electron chi connectivity index (χ2n) is 13.0. The van der Waals surface area contributed by atoms with E-state index in [4.69, 9.17) is 59.1 Å². The van der Waals surface area contributed by atoms with E-state index in [1.54, 1.807) is 0 Å². The Labute approximate surface area is 322 Å². The van der Waals surface area contributed by atoms with Gasteiger partial charge >= 0.3 is 0 Å². The molecular formula is C36H74O18. The van der Waals surface area contributed by atoms with Gasteiger partial charge in [-0.05, 0) is 41.5 Å². The quantitative estimate of drug-likeness (QED) is 0.181. The van der Waals surface area contributed by atoms with Gasteiger partial charge in [0.15, 0.2) is 0 Å². The van der Waals surface area contributed by atoms with E-state index in [1.807, 2.05) is 0 Å². The maximum atomic E-state index is 8.96. The summed E-state index contributed by atoms with van der Waals surface area (Å²) in [4.78, 5) is 0. The van der Waals surface area contributed by atoms with Crippen LogP contribution in [0.15, 0.2) is 0 Å². The van der Waals surface area contributed by atoms with Crippen LogP contribution in [-0.4, -0.2) is 224 Å². The Kier molecular flexibility index (Phi) is 36.1. The highest BCUT2D eigenvalue weighted by atomic mass is 16.6. The molecule has 0 aromatic heterocycles. The van der Waals surface area contributed by atoms with Gasteiger partial charge in [0.1, 0.15) is 24.4 Å². The SMILES string of the molecule is C1CO1.C1CO1.C1CO1.C1CO1.C1CO1.C1CO1.CC1CO1.CC1CO1.CC1CO1.CC1CO1.CC1CO1.CC1CO1.OC[C@@H](O)[C@@H](O)[C@H](O)[C@@H](O)CO. The summed E-state index contributed by atoms with van der Waals surface area (Å²) in [5.41, 5.74) is 0. The number of epoxide rings is 12. The van der Waals surface area contributed by atoms with Gasteiger partial charge in [-0.2, -0.15) is 0 Å². The van der Waals surface area contributed by atoms with Crippen LogP contribution in [0.4, 0.5) is 0 Å². The van der Waals surface area contributed by atoms with Crippen molar-refractivity contribution in [2.75, 3.05) is 132 Å². The van der Waals surface area contributed by atoms with Crippen LogP contribution in [0.5, 0.6) is 0 Å². The molecule has 0 spiro atoms. The van der Waals surface area contributed by atoms with Crippen molar-refractivity contribution in [2.45, 2.75) is 103 Å². The van der Waals surface area contributed by atoms with Gasteiger partial charge in [-0.25, -0.2) is 0 Å². The standard InChI is InChI=1S/C6H14O6.6C3H6O.6C2H4O/c7-1-3(9)5(11)6(12)4(10)2-8;6*1-3-2-4-3;6*1-2-3-1/h3-12H,1-2H2;6*3H,2H2,1H3;6*1-2H2/t3-,4+,5-,6-;;;;;;;;;;;;/m1............/s1. The summed E-state index contributed by atoms with van der Waals surface area (Å²) in [5.74, 6) is 0. The lowest BCUT2D eigenvalue weighted by Gasteiger charge is -2.24. The molecule has 12 saturated heterocycles. The molecule has 12 aliphatic rings. The summed E-state index contributed by atoms with van der Waals surface area (Å²) in [7, 11) is 0. The minimum absolute atomic E-state index is 0.583. The van der Waals surface area contributed by atoms with Crippen molar-refractivity contribution in [3.8, 4) is 0 Å². The van der Waals surface area contributed by atoms with Crippen molar-refractivity contribution >= 4 is 0 Å². The van der Waals surface area contributed by atoms with E-state index in [-0.39, 0.29) is 0 Å². The highest BCUT2D eigenvalue weighted by Crippen LogP contribution is 2.07. The average molecular weight is 795 g/mol. The van der Waals surface area contributed by atoms with Gasteiger partial charge in [0.05, 0.1) is 169 Å². The van der Waals surface area contributed by atoms with Gasteiger partial charge in [-0.3, -0.25) is 0 Å². The number of hydrogen-bond acceptors (Lipinski definition) is 18. The smallest absolute Gasteiger partial charge is 0.111 e. The molecule has 54 heavy (non-hydrogen) atoms. The first-order valence-corrected chi connectivity index (χ1v) is 19.0. The zero-order valence-electron chi connectivity index (χ0n) is 33.5. The zero-order valence-corrected chi connectivity index (χ0v) is 33.5. The third-order valence-electron chi connectivity index (χ3n) is 5.74. The van der Waals surface area contributed by atoms with Crippen molar-refractivity contribution in [1.29, 1.82) is 0 Å². The van der Waals surface area contributed by atoms with Crippen LogP contribution >= 0.6 is 0 Å². The van der Waals surface area contributed by atoms with E-state index in [0.717, 1.165) is 119 Å². The minimum atomic E-state index is -1.67. The fourth-order valence-corrected chi connectivity index (χ4v) is 1.25. The first kappa shape index (κ1) is 53.3. The molecule has 12 fully saturated rings. The first-order chi connectivity index (χ1) is 25.9. The number of rotatable bonds is 5. The van der Waals surface area contributed by atoms with E-state index in [0.29, 0.717) is 36.6 Å². The lowest BCUT2D eigenvalue weighted by Crippen LogP contribution is -2.46. The summed E-state index contributed by atoms with van der Waals surface area (Å²) in [6.45, 7) is 28.8. The second-order valence-corrected chi connectivity index (χ2v) is 13.0. The van der Waals surface area contributed by atoms with Gasteiger partial charge in [-0.1, -0.05) is 0 Å². The number of aliphatic hydroxyl groups excluding tert-OH is 6. The average Bonchev–Trinajstić information content (AvgIpc) is 3.91. The molecule has 6 unspecified atom stereocenters. The molecule has 6 N–H and O–H groups in total. The highest BCUT2D eigenvalue weighted by molar-refractivity contribution is 4.79. The summed E-state index contributed by atoms with van der Waals surface area (Å²) in [6.07, 6.45) is -2.89. The van der Waals surface area contributed by atoms with Gasteiger partial charge in [-0.15, -0.1) is 0 Å². The van der Waals surface area contributed by atoms with Crippen LogP contribution in [0, 0.1) is 0 Å². The second kappa shape index (κ2) is 36.6. The van der Waals surface area contributed by atoms with E-state index < -0.39 is 37.6 Å². The molecule has 0 aromatic carbocycles. The fraction of sp³-hybridized carbons (Fsp3) is 1.00. The van der Waals surface area contributed by atoms with Crippen LogP contribution in [0.2, 0.25) is 0 Å². The van der Waals surface area contributed by atoms with Crippen molar-refractivity contribution < 1.29 is 87.5 Å². The van der Waals surface area contributed by atoms with E-state index in [1.165, 1.54) is 0 Å². The summed E-state index contributed by atoms with van der Waals surface area (Å²) in [5, 5.41) is 52.2. The van der Waals surface area contributed by atoms with Crippen LogP contribution in [0.1, 0.15) is 41.5 Å². The predicted octanol–water partition coefficient (Wildman–Crippen LogP) is -1.06. The van der Waals surface area contributed by atoms with Crippen molar-refractivity contribution in [3.05, 3.63) is 0 Å². The van der Waals surface area contributed by atoms with Crippen LogP contribution in [0.25, 0.3) is 0 Å². The third-order valence-corrected chi connectivity index (χ3v) is 5.74. The Bertz CT molecular complexity index is 597. The summed E-state index contributed by atoms with van der Waals surface area (Å²) < 4.78 is 55.3. The molecule has 18 nitrogen and oxygen atoms in total. The minimum Gasteiger partial charge on any atom is -0.394 e. The molecule has 12 rings (SSSR count). The zero-order chi connectivity index (χ0) is 40.4. The van der Waals surface area contributed by atoms with Gasteiger partial charge < -0.3 is 87.5 Å². The predicted molar refractivity (Wildman–Crippen MR) is 196 cm³/mol. The molecule has 0 saturated carbocycles. The van der Waals surface area contributed by atoms with Crippen molar-refractivity contribution in [1.82, 2.24) is 0 Å². The normalized spacial score (nSPS) is 30.4. The Balaban J connectivity index is 0.000000580. The molecular weight excluding hydrogens is 720 g/mol. The number of hydrogen-bond donors (Lipinski definition) is 6. The van der Waals surface area contributed by atoms with Crippen molar-refractivity contribution in [3.63, 3.8) is 0 Å². The Morgan fingerprint density at radius 2 is 0.426 bits per heavy atom. The molecule has 0 aromatic rings. The largest absolute Gasteiger partial charge is 0.394 e. The van der Waals surface area contributed by atoms with Gasteiger partial charge in [0, 0.05) is 0 Å². The van der Waals surface area contributed by atoms with Crippen LogP contribution < -0.4 is 0 Å². The van der Waals surface area contributed by atoms with Gasteiger partial charge in [0.25, 0.3) is 0 Å². The number of aliphatic hydroxyl groups is 6. The maximum absolute atomic E-state index is 8.96. The molecule has 12 aliphatic heterocycles. The molecule has 0 amide bonds. The molecule has 10 atom stereocenters. The molecule has 326 valence electrons. The molecule has 18 heteroatoms. The van der Waals surface area contributed by atoms with Crippen LogP contribution in [-0.2, 0) is 56.8 Å². The van der Waals surface area contributed by atoms with Crippen LogP contribution in [0.3, 0.4) is 0 Å². The Morgan fingerprint density at radius 1 is 0.333 bits per heavy atom. The Morgan fingerprint density at radius 3 is 0.463 bits per heavy atom. The van der Waals surface area contributed by atoms with E-state index >= 15 is 0 Å². The van der Waals surface area contributed by atoms with E-state index in [2.05, 4.69) is 70.0 Å².